The molecule has 0 saturated carbocycles. The van der Waals surface area contributed by atoms with E-state index in [1.165, 1.54) is 43.5 Å². The molecule has 2 rings (SSSR count). The van der Waals surface area contributed by atoms with Gasteiger partial charge in [0.15, 0.2) is 5.11 Å². The Morgan fingerprint density at radius 3 is 2.31 bits per heavy atom. The molecule has 0 aromatic heterocycles. The van der Waals surface area contributed by atoms with E-state index in [0.29, 0.717) is 16.9 Å². The summed E-state index contributed by atoms with van der Waals surface area (Å²) in [6.45, 7) is 0. The predicted molar refractivity (Wildman–Crippen MR) is 99.8 cm³/mol. The van der Waals surface area contributed by atoms with Crippen molar-refractivity contribution in [2.45, 2.75) is 0 Å². The molecular formula is C18H16FN3O3S. The SMILES string of the molecule is COc1ccc(C(=O)NNC(=S)NC(=O)C=Cc2ccc(F)cc2)cc1. The van der Waals surface area contributed by atoms with Crippen molar-refractivity contribution in [3.63, 3.8) is 0 Å². The first-order valence-corrected chi connectivity index (χ1v) is 7.88. The van der Waals surface area contributed by atoms with Crippen LogP contribution < -0.4 is 20.9 Å². The van der Waals surface area contributed by atoms with Crippen molar-refractivity contribution in [3.8, 4) is 5.75 Å². The summed E-state index contributed by atoms with van der Waals surface area (Å²) in [7, 11) is 1.53. The van der Waals surface area contributed by atoms with Crippen molar-refractivity contribution in [1.29, 1.82) is 0 Å². The van der Waals surface area contributed by atoms with Crippen LogP contribution >= 0.6 is 12.2 Å². The third-order valence-corrected chi connectivity index (χ3v) is 3.38. The quantitative estimate of drug-likeness (QED) is 0.435. The predicted octanol–water partition coefficient (Wildman–Crippen LogP) is 2.18. The van der Waals surface area contributed by atoms with Crippen LogP contribution in [-0.2, 0) is 4.79 Å². The van der Waals surface area contributed by atoms with Gasteiger partial charge in [-0.15, -0.1) is 0 Å². The van der Waals surface area contributed by atoms with Crippen LogP contribution in [0.4, 0.5) is 4.39 Å². The fourth-order valence-electron chi connectivity index (χ4n) is 1.86. The topological polar surface area (TPSA) is 79.5 Å². The van der Waals surface area contributed by atoms with Gasteiger partial charge in [0.05, 0.1) is 7.11 Å². The number of carbonyl (C=O) groups is 2. The second-order valence-corrected chi connectivity index (χ2v) is 5.42. The normalized spacial score (nSPS) is 10.2. The number of halogens is 1. The van der Waals surface area contributed by atoms with E-state index in [9.17, 15) is 14.0 Å². The first kappa shape index (κ1) is 19.1. The maximum atomic E-state index is 12.8. The number of amides is 2. The number of ether oxygens (including phenoxy) is 1. The van der Waals surface area contributed by atoms with E-state index in [4.69, 9.17) is 17.0 Å². The average molecular weight is 373 g/mol. The number of nitrogens with one attached hydrogen (secondary N) is 3. The third kappa shape index (κ3) is 5.99. The number of hydrogen-bond donors (Lipinski definition) is 3. The zero-order valence-electron chi connectivity index (χ0n) is 13.8. The number of carbonyl (C=O) groups excluding carboxylic acids is 2. The molecule has 0 heterocycles. The molecule has 0 unspecified atom stereocenters. The van der Waals surface area contributed by atoms with Gasteiger partial charge >= 0.3 is 0 Å². The van der Waals surface area contributed by atoms with Gasteiger partial charge in [0, 0.05) is 11.6 Å². The minimum Gasteiger partial charge on any atom is -0.497 e. The Morgan fingerprint density at radius 2 is 1.69 bits per heavy atom. The van der Waals surface area contributed by atoms with E-state index >= 15 is 0 Å². The highest BCUT2D eigenvalue weighted by Gasteiger charge is 2.07. The highest BCUT2D eigenvalue weighted by Crippen LogP contribution is 2.10. The van der Waals surface area contributed by atoms with Crippen molar-refractivity contribution in [2.24, 2.45) is 0 Å². The van der Waals surface area contributed by atoms with Gasteiger partial charge in [0.1, 0.15) is 11.6 Å². The molecule has 0 spiro atoms. The van der Waals surface area contributed by atoms with Gasteiger partial charge in [-0.2, -0.15) is 0 Å². The molecule has 0 aliphatic rings. The lowest BCUT2D eigenvalue weighted by Gasteiger charge is -2.10. The molecule has 0 atom stereocenters. The zero-order chi connectivity index (χ0) is 18.9. The lowest BCUT2D eigenvalue weighted by atomic mass is 10.2. The Labute approximate surface area is 155 Å². The van der Waals surface area contributed by atoms with Crippen molar-refractivity contribution >= 4 is 35.2 Å². The Hall–Kier alpha value is -3.26. The summed E-state index contributed by atoms with van der Waals surface area (Å²) in [4.78, 5) is 23.7. The second kappa shape index (κ2) is 9.28. The minimum absolute atomic E-state index is 0.0689. The monoisotopic (exact) mass is 373 g/mol. The Balaban J connectivity index is 1.79. The van der Waals surface area contributed by atoms with Crippen LogP contribution in [0.15, 0.2) is 54.6 Å². The van der Waals surface area contributed by atoms with Crippen molar-refractivity contribution in [2.75, 3.05) is 7.11 Å². The summed E-state index contributed by atoms with van der Waals surface area (Å²) in [5.74, 6) is -0.647. The summed E-state index contributed by atoms with van der Waals surface area (Å²) in [6.07, 6.45) is 2.75. The summed E-state index contributed by atoms with van der Waals surface area (Å²) in [5.41, 5.74) is 5.85. The molecular weight excluding hydrogens is 357 g/mol. The van der Waals surface area contributed by atoms with Crippen LogP contribution in [0.3, 0.4) is 0 Å². The molecule has 3 N–H and O–H groups in total. The Morgan fingerprint density at radius 1 is 1.04 bits per heavy atom. The van der Waals surface area contributed by atoms with E-state index in [1.54, 1.807) is 24.3 Å². The number of thiocarbonyl (C=S) groups is 1. The first-order chi connectivity index (χ1) is 12.5. The van der Waals surface area contributed by atoms with Crippen LogP contribution in [-0.4, -0.2) is 24.0 Å². The lowest BCUT2D eigenvalue weighted by Crippen LogP contribution is -2.48. The van der Waals surface area contributed by atoms with Crippen LogP contribution in [0.25, 0.3) is 6.08 Å². The maximum absolute atomic E-state index is 12.8. The molecule has 26 heavy (non-hydrogen) atoms. The van der Waals surface area contributed by atoms with Crippen LogP contribution in [0, 0.1) is 5.82 Å². The van der Waals surface area contributed by atoms with Gasteiger partial charge in [-0.25, -0.2) is 4.39 Å². The van der Waals surface area contributed by atoms with Gasteiger partial charge in [0.25, 0.3) is 5.91 Å². The lowest BCUT2D eigenvalue weighted by molar-refractivity contribution is -0.115. The van der Waals surface area contributed by atoms with Gasteiger partial charge < -0.3 is 4.74 Å². The zero-order valence-corrected chi connectivity index (χ0v) is 14.6. The number of rotatable bonds is 4. The smallest absolute Gasteiger partial charge is 0.269 e. The van der Waals surface area contributed by atoms with Gasteiger partial charge in [-0.3, -0.25) is 25.8 Å². The van der Waals surface area contributed by atoms with E-state index in [1.807, 2.05) is 0 Å². The number of methoxy groups -OCH3 is 1. The fraction of sp³-hybridized carbons (Fsp3) is 0.0556. The van der Waals surface area contributed by atoms with Crippen molar-refractivity contribution in [1.82, 2.24) is 16.2 Å². The minimum atomic E-state index is -0.495. The fourth-order valence-corrected chi connectivity index (χ4v) is 2.01. The molecule has 0 aliphatic carbocycles. The molecule has 0 radical (unpaired) electrons. The molecule has 0 bridgehead atoms. The van der Waals surface area contributed by atoms with E-state index in [0.717, 1.165) is 0 Å². The van der Waals surface area contributed by atoms with Gasteiger partial charge in [-0.05, 0) is 60.3 Å². The summed E-state index contributed by atoms with van der Waals surface area (Å²) in [6, 6.07) is 12.1. The number of hydrazine groups is 1. The largest absolute Gasteiger partial charge is 0.497 e. The molecule has 0 aliphatic heterocycles. The van der Waals surface area contributed by atoms with Crippen LogP contribution in [0.5, 0.6) is 5.75 Å². The molecule has 2 aromatic carbocycles. The molecule has 2 amide bonds. The standard InChI is InChI=1S/C18H16FN3O3S/c1-25-15-9-5-13(6-10-15)17(24)21-22-18(26)20-16(23)11-4-12-2-7-14(19)8-3-12/h2-11H,1H3,(H,21,24)(H2,20,22,23,26). The molecule has 6 nitrogen and oxygen atoms in total. The van der Waals surface area contributed by atoms with Crippen LogP contribution in [0.1, 0.15) is 15.9 Å². The van der Waals surface area contributed by atoms with Crippen LogP contribution in [0.2, 0.25) is 0 Å². The highest BCUT2D eigenvalue weighted by molar-refractivity contribution is 7.80. The average Bonchev–Trinajstić information content (AvgIpc) is 2.65. The first-order valence-electron chi connectivity index (χ1n) is 7.47. The van der Waals surface area contributed by atoms with Crippen molar-refractivity contribution in [3.05, 3.63) is 71.6 Å². The maximum Gasteiger partial charge on any atom is 0.269 e. The second-order valence-electron chi connectivity index (χ2n) is 5.01. The Bertz CT molecular complexity index is 821. The summed E-state index contributed by atoms with van der Waals surface area (Å²) < 4.78 is 17.8. The summed E-state index contributed by atoms with van der Waals surface area (Å²) >= 11 is 4.92. The van der Waals surface area contributed by atoms with E-state index < -0.39 is 11.8 Å². The molecule has 8 heteroatoms. The number of benzene rings is 2. The van der Waals surface area contributed by atoms with E-state index in [-0.39, 0.29) is 10.9 Å². The van der Waals surface area contributed by atoms with Crippen molar-refractivity contribution < 1.29 is 18.7 Å². The Kier molecular flexibility index (Phi) is 6.81. The molecule has 0 saturated heterocycles. The van der Waals surface area contributed by atoms with Gasteiger partial charge in [-0.1, -0.05) is 12.1 Å². The van der Waals surface area contributed by atoms with Gasteiger partial charge in [0.2, 0.25) is 5.91 Å². The van der Waals surface area contributed by atoms with E-state index in [2.05, 4.69) is 16.2 Å². The number of hydrogen-bond acceptors (Lipinski definition) is 4. The highest BCUT2D eigenvalue weighted by atomic mass is 32.1. The molecule has 2 aromatic rings. The molecule has 134 valence electrons. The third-order valence-electron chi connectivity index (χ3n) is 3.18. The molecule has 0 fully saturated rings. The summed E-state index contributed by atoms with van der Waals surface area (Å²) in [5, 5.41) is 2.30.